The second-order valence-corrected chi connectivity index (χ2v) is 14.8. The number of nitrogens with one attached hydrogen (secondary N) is 1. The van der Waals surface area contributed by atoms with Gasteiger partial charge in [0.15, 0.2) is 0 Å². The lowest BCUT2D eigenvalue weighted by Crippen LogP contribution is -2.59. The topological polar surface area (TPSA) is 156 Å². The molecule has 56 heavy (non-hydrogen) atoms. The van der Waals surface area contributed by atoms with Crippen LogP contribution in [-0.4, -0.2) is 96.6 Å². The molecule has 1 spiro atoms. The number of aliphatic hydroxyl groups is 1. The molecule has 1 aromatic heterocycles. The molecule has 13 nitrogen and oxygen atoms in total. The van der Waals surface area contributed by atoms with Crippen LogP contribution in [0.1, 0.15) is 49.8 Å². The first-order valence-electron chi connectivity index (χ1n) is 19.2. The molecule has 292 valence electrons. The molecule has 3 amide bonds. The molecule has 3 aromatic carbocycles. The van der Waals surface area contributed by atoms with Crippen LogP contribution in [0, 0.1) is 11.8 Å². The summed E-state index contributed by atoms with van der Waals surface area (Å²) in [6, 6.07) is 23.4. The van der Waals surface area contributed by atoms with E-state index in [1.54, 1.807) is 28.7 Å². The third kappa shape index (κ3) is 7.24. The van der Waals surface area contributed by atoms with Gasteiger partial charge in [-0.2, -0.15) is 0 Å². The van der Waals surface area contributed by atoms with Crippen LogP contribution in [0.3, 0.4) is 0 Å². The molecule has 3 aliphatic rings. The number of para-hydroxylation sites is 1. The van der Waals surface area contributed by atoms with Gasteiger partial charge in [-0.1, -0.05) is 90.2 Å². The highest BCUT2D eigenvalue weighted by Gasteiger charge is 2.75. The molecule has 0 aliphatic carbocycles. The van der Waals surface area contributed by atoms with Gasteiger partial charge in [0.2, 0.25) is 17.7 Å². The smallest absolute Gasteiger partial charge is 0.313 e. The number of nitrogens with zero attached hydrogens (tertiary/aromatic N) is 5. The van der Waals surface area contributed by atoms with Crippen LogP contribution < -0.4 is 5.32 Å². The van der Waals surface area contributed by atoms with E-state index in [2.05, 4.69) is 28.8 Å². The van der Waals surface area contributed by atoms with E-state index in [0.29, 0.717) is 30.3 Å². The van der Waals surface area contributed by atoms with Crippen LogP contribution in [0.5, 0.6) is 0 Å². The number of fused-ring (bicyclic) bond motifs is 2. The molecule has 8 atom stereocenters. The summed E-state index contributed by atoms with van der Waals surface area (Å²) in [6.45, 7) is 9.08. The van der Waals surface area contributed by atoms with Crippen LogP contribution in [0.2, 0.25) is 0 Å². The molecule has 3 fully saturated rings. The van der Waals surface area contributed by atoms with Crippen LogP contribution in [-0.2, 0) is 41.7 Å². The Balaban J connectivity index is 1.24. The quantitative estimate of drug-likeness (QED) is 0.119. The summed E-state index contributed by atoms with van der Waals surface area (Å²) < 4.78 is 14.7. The van der Waals surface area contributed by atoms with E-state index in [0.717, 1.165) is 11.1 Å². The van der Waals surface area contributed by atoms with Gasteiger partial charge in [-0.05, 0) is 55.9 Å². The molecule has 0 unspecified atom stereocenters. The number of likely N-dealkylation sites (tertiary alicyclic amines) is 1. The molecular formula is C43H48N6O7. The van der Waals surface area contributed by atoms with Gasteiger partial charge in [0.1, 0.15) is 29.9 Å². The Morgan fingerprint density at radius 2 is 1.77 bits per heavy atom. The molecular weight excluding hydrogens is 713 g/mol. The maximum Gasteiger partial charge on any atom is 0.313 e. The number of carbonyl (C=O) groups is 4. The standard InChI is InChI=1S/C43H48N6O7/c1-4-6-21-35(51)44-28(3)38(30-17-11-8-12-18-30)55-42(54)36-34-22-23-43(56-34)37(36)40(52)49(31(26-50)25-29-15-9-7-10-16-29)39(43)41(53)47(24-5-2)27-48-33-20-14-13-19-32(33)45-46-48/h4-5,7-20,28,31,34,36-39,50H,1-2,6,21-27H2,3H3,(H,44,51)/t28-,31-,34+,36-,37-,38-,39+,43-/m1/s1. The fraction of sp³-hybridized carbons (Fsp3) is 0.395. The highest BCUT2D eigenvalue weighted by molar-refractivity contribution is 5.98. The molecule has 2 N–H and O–H groups in total. The minimum atomic E-state index is -1.37. The highest BCUT2D eigenvalue weighted by atomic mass is 16.6. The van der Waals surface area contributed by atoms with E-state index in [1.165, 1.54) is 4.90 Å². The zero-order valence-electron chi connectivity index (χ0n) is 31.5. The SMILES string of the molecule is C=CCCC(=O)N[C@H](C)[C@@H](OC(=O)[C@@H]1[C@@H]2CC[C@]3(O2)[C@H](C(=O)N(CC=C)Cn2nnc4ccccc42)N([C@@H](CO)Cc2ccccc2)C(=O)[C@@H]13)c1ccccc1. The Morgan fingerprint density at radius 3 is 2.48 bits per heavy atom. The lowest BCUT2D eigenvalue weighted by atomic mass is 9.70. The number of carbonyl (C=O) groups excluding carboxylic acids is 4. The lowest BCUT2D eigenvalue weighted by Gasteiger charge is -2.39. The van der Waals surface area contributed by atoms with Gasteiger partial charge in [0, 0.05) is 13.0 Å². The van der Waals surface area contributed by atoms with E-state index >= 15 is 9.59 Å². The van der Waals surface area contributed by atoms with Gasteiger partial charge < -0.3 is 29.7 Å². The van der Waals surface area contributed by atoms with Crippen molar-refractivity contribution >= 4 is 34.7 Å². The summed E-state index contributed by atoms with van der Waals surface area (Å²) in [5, 5.41) is 22.5. The molecule has 3 aliphatic heterocycles. The van der Waals surface area contributed by atoms with E-state index < -0.39 is 72.2 Å². The molecule has 2 bridgehead atoms. The number of allylic oxidation sites excluding steroid dienone is 1. The number of aliphatic hydroxyl groups excluding tert-OH is 1. The third-order valence-electron chi connectivity index (χ3n) is 11.3. The normalized spacial score (nSPS) is 24.0. The number of esters is 1. The number of amides is 3. The van der Waals surface area contributed by atoms with Crippen molar-refractivity contribution in [1.82, 2.24) is 30.1 Å². The molecule has 7 rings (SSSR count). The number of rotatable bonds is 17. The highest BCUT2D eigenvalue weighted by Crippen LogP contribution is 2.59. The van der Waals surface area contributed by atoms with Gasteiger partial charge in [-0.15, -0.1) is 18.3 Å². The van der Waals surface area contributed by atoms with E-state index in [-0.39, 0.29) is 32.0 Å². The fourth-order valence-electron chi connectivity index (χ4n) is 8.84. The van der Waals surface area contributed by atoms with Crippen LogP contribution >= 0.6 is 0 Å². The van der Waals surface area contributed by atoms with Crippen molar-refractivity contribution in [3.05, 3.63) is 121 Å². The van der Waals surface area contributed by atoms with Crippen molar-refractivity contribution in [3.8, 4) is 0 Å². The summed E-state index contributed by atoms with van der Waals surface area (Å²) >= 11 is 0. The van der Waals surface area contributed by atoms with Crippen molar-refractivity contribution in [2.24, 2.45) is 11.8 Å². The monoisotopic (exact) mass is 760 g/mol. The first-order chi connectivity index (χ1) is 27.2. The molecule has 0 saturated carbocycles. The Bertz CT molecular complexity index is 2070. The summed E-state index contributed by atoms with van der Waals surface area (Å²) in [4.78, 5) is 60.6. The number of ether oxygens (including phenoxy) is 2. The predicted octanol–water partition coefficient (Wildman–Crippen LogP) is 4.14. The van der Waals surface area contributed by atoms with Gasteiger partial charge in [-0.25, -0.2) is 4.68 Å². The Kier molecular flexibility index (Phi) is 11.4. The third-order valence-corrected chi connectivity index (χ3v) is 11.3. The first-order valence-corrected chi connectivity index (χ1v) is 19.2. The largest absolute Gasteiger partial charge is 0.455 e. The summed E-state index contributed by atoms with van der Waals surface area (Å²) in [5.41, 5.74) is 1.56. The fourth-order valence-corrected chi connectivity index (χ4v) is 8.84. The average Bonchev–Trinajstić information content (AvgIpc) is 3.98. The van der Waals surface area contributed by atoms with Gasteiger partial charge in [0.05, 0.1) is 42.1 Å². The number of hydrogen-bond donors (Lipinski definition) is 2. The van der Waals surface area contributed by atoms with E-state index in [1.807, 2.05) is 84.9 Å². The average molecular weight is 761 g/mol. The van der Waals surface area contributed by atoms with Gasteiger partial charge in [-0.3, -0.25) is 19.2 Å². The minimum Gasteiger partial charge on any atom is -0.455 e. The molecule has 13 heteroatoms. The van der Waals surface area contributed by atoms with Crippen LogP contribution in [0.4, 0.5) is 0 Å². The van der Waals surface area contributed by atoms with Crippen molar-refractivity contribution < 1.29 is 33.8 Å². The summed E-state index contributed by atoms with van der Waals surface area (Å²) in [7, 11) is 0. The second kappa shape index (κ2) is 16.6. The van der Waals surface area contributed by atoms with Gasteiger partial charge >= 0.3 is 5.97 Å². The Hall–Kier alpha value is -5.66. The van der Waals surface area contributed by atoms with Crippen molar-refractivity contribution in [2.45, 2.75) is 81.6 Å². The maximum atomic E-state index is 15.2. The maximum absolute atomic E-state index is 15.2. The molecule has 4 heterocycles. The molecule has 3 saturated heterocycles. The van der Waals surface area contributed by atoms with Crippen LogP contribution in [0.15, 0.2) is 110 Å². The zero-order chi connectivity index (χ0) is 39.4. The number of hydrogen-bond acceptors (Lipinski definition) is 9. The van der Waals surface area contributed by atoms with E-state index in [4.69, 9.17) is 9.47 Å². The predicted molar refractivity (Wildman–Crippen MR) is 207 cm³/mol. The lowest BCUT2D eigenvalue weighted by molar-refractivity contribution is -0.162. The molecule has 0 radical (unpaired) electrons. The molecule has 4 aromatic rings. The first kappa shape index (κ1) is 38.6. The van der Waals surface area contributed by atoms with Crippen molar-refractivity contribution in [1.29, 1.82) is 0 Å². The number of benzene rings is 3. The van der Waals surface area contributed by atoms with Gasteiger partial charge in [0.25, 0.3) is 0 Å². The Labute approximate surface area is 325 Å². The van der Waals surface area contributed by atoms with E-state index in [9.17, 15) is 14.7 Å². The zero-order valence-corrected chi connectivity index (χ0v) is 31.5. The van der Waals surface area contributed by atoms with Crippen LogP contribution in [0.25, 0.3) is 11.0 Å². The van der Waals surface area contributed by atoms with Crippen molar-refractivity contribution in [2.75, 3.05) is 13.2 Å². The minimum absolute atomic E-state index is 0.0111. The second-order valence-electron chi connectivity index (χ2n) is 14.8. The van der Waals surface area contributed by atoms with Crippen molar-refractivity contribution in [3.63, 3.8) is 0 Å². The summed E-state index contributed by atoms with van der Waals surface area (Å²) in [6.07, 6.45) is 3.48. The number of aromatic nitrogens is 3. The summed E-state index contributed by atoms with van der Waals surface area (Å²) in [5.74, 6) is -3.82. The Morgan fingerprint density at radius 1 is 1.05 bits per heavy atom.